The second-order valence-electron chi connectivity index (χ2n) is 2.44. The largest absolute Gasteiger partial charge is 0.321 e. The Hall–Kier alpha value is -0.820. The first-order valence-corrected chi connectivity index (χ1v) is 3.36. The van der Waals surface area contributed by atoms with Crippen LogP contribution in [0.4, 0.5) is 0 Å². The lowest BCUT2D eigenvalue weighted by Gasteiger charge is -1.93. The quantitative estimate of drug-likeness (QED) is 0.467. The van der Waals surface area contributed by atoms with Gasteiger partial charge in [0.2, 0.25) is 0 Å². The van der Waals surface area contributed by atoms with E-state index in [1.165, 1.54) is 5.57 Å². The minimum absolute atomic E-state index is 0.0180. The van der Waals surface area contributed by atoms with Crippen molar-refractivity contribution in [2.45, 2.75) is 19.9 Å². The number of hydrogen-bond donors (Lipinski definition) is 1. The van der Waals surface area contributed by atoms with Crippen molar-refractivity contribution in [2.75, 3.05) is 0 Å². The van der Waals surface area contributed by atoms with E-state index in [4.69, 9.17) is 5.73 Å². The van der Waals surface area contributed by atoms with Crippen molar-refractivity contribution in [3.8, 4) is 0 Å². The molecule has 1 heteroatoms. The van der Waals surface area contributed by atoms with Crippen LogP contribution in [-0.2, 0) is 0 Å². The maximum absolute atomic E-state index is 5.53. The summed E-state index contributed by atoms with van der Waals surface area (Å²) in [4.78, 5) is 0. The van der Waals surface area contributed by atoms with Crippen molar-refractivity contribution in [1.82, 2.24) is 0 Å². The van der Waals surface area contributed by atoms with Crippen LogP contribution in [-0.4, -0.2) is 6.04 Å². The van der Waals surface area contributed by atoms with Gasteiger partial charge < -0.3 is 5.73 Å². The van der Waals surface area contributed by atoms with Crippen molar-refractivity contribution in [1.29, 1.82) is 0 Å². The number of rotatable bonds is 3. The molecule has 0 spiro atoms. The van der Waals surface area contributed by atoms with E-state index in [1.54, 1.807) is 6.08 Å². The van der Waals surface area contributed by atoms with E-state index >= 15 is 0 Å². The van der Waals surface area contributed by atoms with Crippen LogP contribution in [0.2, 0.25) is 0 Å². The second kappa shape index (κ2) is 5.00. The van der Waals surface area contributed by atoms with Crippen LogP contribution in [0.15, 0.2) is 36.5 Å². The summed E-state index contributed by atoms with van der Waals surface area (Å²) in [6.45, 7) is 7.65. The summed E-state index contributed by atoms with van der Waals surface area (Å²) in [5, 5.41) is 0. The van der Waals surface area contributed by atoms with Gasteiger partial charge in [0, 0.05) is 6.04 Å². The molecule has 0 heterocycles. The molecule has 1 unspecified atom stereocenters. The van der Waals surface area contributed by atoms with Crippen LogP contribution < -0.4 is 5.73 Å². The highest BCUT2D eigenvalue weighted by atomic mass is 14.6. The molecule has 0 bridgehead atoms. The van der Waals surface area contributed by atoms with Crippen LogP contribution in [0.3, 0.4) is 0 Å². The number of nitrogens with two attached hydrogens (primary N) is 1. The molecule has 1 nitrogen and oxygen atoms in total. The van der Waals surface area contributed by atoms with Gasteiger partial charge in [0.05, 0.1) is 0 Å². The van der Waals surface area contributed by atoms with Gasteiger partial charge in [0.1, 0.15) is 0 Å². The molecule has 0 aromatic rings. The molecule has 56 valence electrons. The summed E-state index contributed by atoms with van der Waals surface area (Å²) >= 11 is 0. The average Bonchev–Trinajstić information content (AvgIpc) is 1.87. The summed E-state index contributed by atoms with van der Waals surface area (Å²) in [6, 6.07) is -0.0180. The third-order valence-electron chi connectivity index (χ3n) is 1.04. The van der Waals surface area contributed by atoms with Crippen molar-refractivity contribution >= 4 is 0 Å². The van der Waals surface area contributed by atoms with Crippen molar-refractivity contribution in [3.05, 3.63) is 36.5 Å². The van der Waals surface area contributed by atoms with Gasteiger partial charge in [-0.3, -0.25) is 0 Å². The summed E-state index contributed by atoms with van der Waals surface area (Å²) in [5.74, 6) is 0. The topological polar surface area (TPSA) is 26.0 Å². The molecular formula is C9H15N. The van der Waals surface area contributed by atoms with Gasteiger partial charge in [0.15, 0.2) is 0 Å². The Kier molecular flexibility index (Phi) is 4.59. The third kappa shape index (κ3) is 5.32. The van der Waals surface area contributed by atoms with E-state index in [0.29, 0.717) is 0 Å². The summed E-state index contributed by atoms with van der Waals surface area (Å²) in [7, 11) is 0. The minimum Gasteiger partial charge on any atom is -0.321 e. The molecule has 1 atom stereocenters. The Morgan fingerprint density at radius 2 is 2.10 bits per heavy atom. The fourth-order valence-electron chi connectivity index (χ4n) is 0.455. The van der Waals surface area contributed by atoms with Gasteiger partial charge in [-0.1, -0.05) is 29.9 Å². The lowest BCUT2D eigenvalue weighted by Crippen LogP contribution is -2.11. The van der Waals surface area contributed by atoms with Crippen LogP contribution in [0.25, 0.3) is 0 Å². The maximum Gasteiger partial charge on any atom is 0.0410 e. The van der Waals surface area contributed by atoms with Gasteiger partial charge in [-0.05, 0) is 13.8 Å². The second-order valence-corrected chi connectivity index (χ2v) is 2.44. The SMILES string of the molecule is C=CC(N)/C=C/C=C(C)C. The summed E-state index contributed by atoms with van der Waals surface area (Å²) in [5.41, 5.74) is 6.80. The molecule has 0 aliphatic rings. The molecule has 0 amide bonds. The molecular weight excluding hydrogens is 122 g/mol. The first kappa shape index (κ1) is 9.18. The first-order valence-electron chi connectivity index (χ1n) is 3.36. The monoisotopic (exact) mass is 137 g/mol. The highest BCUT2D eigenvalue weighted by molar-refractivity contribution is 5.12. The van der Waals surface area contributed by atoms with Gasteiger partial charge in [0.25, 0.3) is 0 Å². The highest BCUT2D eigenvalue weighted by Crippen LogP contribution is 1.90. The zero-order valence-electron chi connectivity index (χ0n) is 6.67. The van der Waals surface area contributed by atoms with Crippen LogP contribution in [0.5, 0.6) is 0 Å². The minimum atomic E-state index is -0.0180. The van der Waals surface area contributed by atoms with E-state index in [2.05, 4.69) is 6.58 Å². The predicted octanol–water partition coefficient (Wildman–Crippen LogP) is 2.02. The summed E-state index contributed by atoms with van der Waals surface area (Å²) in [6.07, 6.45) is 7.57. The molecule has 0 aromatic carbocycles. The zero-order valence-corrected chi connectivity index (χ0v) is 6.67. The summed E-state index contributed by atoms with van der Waals surface area (Å²) < 4.78 is 0. The Bertz CT molecular complexity index is 150. The Morgan fingerprint density at radius 3 is 2.50 bits per heavy atom. The van der Waals surface area contributed by atoms with Gasteiger partial charge in [-0.25, -0.2) is 0 Å². The third-order valence-corrected chi connectivity index (χ3v) is 1.04. The first-order chi connectivity index (χ1) is 4.66. The molecule has 0 aliphatic heterocycles. The normalized spacial score (nSPS) is 13.1. The van der Waals surface area contributed by atoms with Crippen LogP contribution in [0, 0.1) is 0 Å². The Labute approximate surface area is 62.9 Å². The fraction of sp³-hybridized carbons (Fsp3) is 0.333. The molecule has 0 fully saturated rings. The molecule has 0 saturated carbocycles. The standard InChI is InChI=1S/C9H15N/c1-4-9(10)7-5-6-8(2)3/h4-7,9H,1,10H2,2-3H3/b7-5+. The Balaban J connectivity index is 3.76. The lowest BCUT2D eigenvalue weighted by molar-refractivity contribution is 1.03. The smallest absolute Gasteiger partial charge is 0.0410 e. The maximum atomic E-state index is 5.53. The number of hydrogen-bond acceptors (Lipinski definition) is 1. The van der Waals surface area contributed by atoms with Crippen molar-refractivity contribution in [3.63, 3.8) is 0 Å². The van der Waals surface area contributed by atoms with E-state index in [9.17, 15) is 0 Å². The Morgan fingerprint density at radius 1 is 1.50 bits per heavy atom. The average molecular weight is 137 g/mol. The molecule has 10 heavy (non-hydrogen) atoms. The van der Waals surface area contributed by atoms with Crippen LogP contribution >= 0.6 is 0 Å². The molecule has 0 radical (unpaired) electrons. The predicted molar refractivity (Wildman–Crippen MR) is 46.7 cm³/mol. The fourth-order valence-corrected chi connectivity index (χ4v) is 0.455. The lowest BCUT2D eigenvalue weighted by atomic mass is 10.2. The zero-order chi connectivity index (χ0) is 7.98. The van der Waals surface area contributed by atoms with Gasteiger partial charge in [-0.15, -0.1) is 6.58 Å². The molecule has 0 aliphatic carbocycles. The van der Waals surface area contributed by atoms with Crippen molar-refractivity contribution in [2.24, 2.45) is 5.73 Å². The molecule has 0 aromatic heterocycles. The van der Waals surface area contributed by atoms with E-state index in [0.717, 1.165) is 0 Å². The van der Waals surface area contributed by atoms with Gasteiger partial charge in [-0.2, -0.15) is 0 Å². The molecule has 0 rings (SSSR count). The van der Waals surface area contributed by atoms with Crippen molar-refractivity contribution < 1.29 is 0 Å². The van der Waals surface area contributed by atoms with Crippen LogP contribution in [0.1, 0.15) is 13.8 Å². The highest BCUT2D eigenvalue weighted by Gasteiger charge is 1.82. The number of allylic oxidation sites excluding steroid dienone is 3. The molecule has 2 N–H and O–H groups in total. The van der Waals surface area contributed by atoms with E-state index in [1.807, 2.05) is 32.1 Å². The van der Waals surface area contributed by atoms with E-state index < -0.39 is 0 Å². The van der Waals surface area contributed by atoms with E-state index in [-0.39, 0.29) is 6.04 Å². The van der Waals surface area contributed by atoms with Gasteiger partial charge >= 0.3 is 0 Å². The molecule has 0 saturated heterocycles.